The Labute approximate surface area is 277 Å². The molecule has 1 aromatic carbocycles. The molecule has 2 saturated heterocycles. The minimum Gasteiger partial charge on any atom is -0.352 e. The number of rotatable bonds is 10. The molecule has 0 aliphatic carbocycles. The van der Waals surface area contributed by atoms with E-state index in [1.807, 2.05) is 31.2 Å². The molecule has 7 rings (SSSR count). The van der Waals surface area contributed by atoms with Crippen molar-refractivity contribution in [3.63, 3.8) is 0 Å². The molecular formula is C38H40F3N7. The van der Waals surface area contributed by atoms with Gasteiger partial charge in [-0.1, -0.05) is 18.7 Å². The molecule has 7 nitrogen and oxygen atoms in total. The van der Waals surface area contributed by atoms with Crippen LogP contribution in [0, 0.1) is 5.82 Å². The quantitative estimate of drug-likeness (QED) is 0.185. The Balaban J connectivity index is 1.10. The molecule has 10 heteroatoms. The second-order valence-corrected chi connectivity index (χ2v) is 13.2. The second-order valence-electron chi connectivity index (χ2n) is 13.2. The molecule has 0 unspecified atom stereocenters. The minimum absolute atomic E-state index is 0.100. The van der Waals surface area contributed by atoms with Gasteiger partial charge in [0.25, 0.3) is 5.92 Å². The van der Waals surface area contributed by atoms with E-state index in [2.05, 4.69) is 42.7 Å². The van der Waals surface area contributed by atoms with E-state index in [0.29, 0.717) is 18.8 Å². The molecule has 5 aromatic rings. The topological polar surface area (TPSA) is 76.7 Å². The van der Waals surface area contributed by atoms with Crippen molar-refractivity contribution in [2.45, 2.75) is 51.5 Å². The highest BCUT2D eigenvalue weighted by Crippen LogP contribution is 2.32. The van der Waals surface area contributed by atoms with Gasteiger partial charge in [0.2, 0.25) is 0 Å². The normalized spacial score (nSPS) is 17.7. The van der Waals surface area contributed by atoms with Crippen LogP contribution in [-0.2, 0) is 13.0 Å². The summed E-state index contributed by atoms with van der Waals surface area (Å²) in [6.07, 6.45) is 15.2. The van der Waals surface area contributed by atoms with Gasteiger partial charge in [0.1, 0.15) is 11.5 Å². The first-order valence-electron chi connectivity index (χ1n) is 16.7. The van der Waals surface area contributed by atoms with Crippen LogP contribution in [0.25, 0.3) is 51.6 Å². The van der Waals surface area contributed by atoms with Gasteiger partial charge in [0.05, 0.1) is 29.3 Å². The highest BCUT2D eigenvalue weighted by Gasteiger charge is 2.37. The van der Waals surface area contributed by atoms with Crippen molar-refractivity contribution in [2.24, 2.45) is 0 Å². The summed E-state index contributed by atoms with van der Waals surface area (Å²) in [6.45, 7) is 10.3. The Hall–Kier alpha value is -4.54. The standard InChI is InChI=1S/C38H40F3N7/c1-25(30-15-28(19-42-20-30)23-48-13-9-38(40,41)24-48)7-8-34-26(2)37(46-45-34)35-18-32-33(21-43-22-36(32)44-35)29-14-27(16-31(39)17-29)6-5-12-47-10-3-4-11-47/h7-8,14-22,44-45H,2-6,9-13,23-24H2,1H3/b25-7+,34-8+. The van der Waals surface area contributed by atoms with E-state index in [-0.39, 0.29) is 18.8 Å². The van der Waals surface area contributed by atoms with Crippen LogP contribution in [0.3, 0.4) is 0 Å². The van der Waals surface area contributed by atoms with Crippen molar-refractivity contribution >= 4 is 29.1 Å². The van der Waals surface area contributed by atoms with Crippen LogP contribution in [0.1, 0.15) is 49.3 Å². The van der Waals surface area contributed by atoms with E-state index in [4.69, 9.17) is 0 Å². The largest absolute Gasteiger partial charge is 0.352 e. The van der Waals surface area contributed by atoms with Crippen molar-refractivity contribution in [3.8, 4) is 22.5 Å². The first-order valence-corrected chi connectivity index (χ1v) is 16.7. The molecule has 2 fully saturated rings. The van der Waals surface area contributed by atoms with E-state index in [9.17, 15) is 13.2 Å². The van der Waals surface area contributed by atoms with E-state index in [1.165, 1.54) is 25.9 Å². The van der Waals surface area contributed by atoms with Gasteiger partial charge in [-0.3, -0.25) is 20.0 Å². The summed E-state index contributed by atoms with van der Waals surface area (Å²) in [7, 11) is 0. The molecule has 6 heterocycles. The first kappa shape index (κ1) is 32.0. The summed E-state index contributed by atoms with van der Waals surface area (Å²) in [5.74, 6) is -2.86. The fourth-order valence-electron chi connectivity index (χ4n) is 6.91. The molecule has 0 radical (unpaired) electrons. The van der Waals surface area contributed by atoms with Crippen LogP contribution in [0.5, 0.6) is 0 Å². The third kappa shape index (κ3) is 7.15. The maximum Gasteiger partial charge on any atom is 0.261 e. The van der Waals surface area contributed by atoms with Crippen molar-refractivity contribution in [2.75, 3.05) is 32.7 Å². The lowest BCUT2D eigenvalue weighted by atomic mass is 9.99. The number of halogens is 3. The molecule has 2 aliphatic rings. The third-order valence-corrected chi connectivity index (χ3v) is 9.51. The lowest BCUT2D eigenvalue weighted by Crippen LogP contribution is -2.24. The Morgan fingerprint density at radius 2 is 1.81 bits per heavy atom. The maximum atomic E-state index is 14.8. The summed E-state index contributed by atoms with van der Waals surface area (Å²) < 4.78 is 42.1. The number of fused-ring (bicyclic) bond motifs is 1. The van der Waals surface area contributed by atoms with Gasteiger partial charge in [0.15, 0.2) is 0 Å². The zero-order chi connectivity index (χ0) is 33.3. The lowest BCUT2D eigenvalue weighted by Gasteiger charge is -2.15. The summed E-state index contributed by atoms with van der Waals surface area (Å²) >= 11 is 0. The number of hydrogen-bond acceptors (Lipinski definition) is 5. The molecule has 48 heavy (non-hydrogen) atoms. The number of nitrogens with one attached hydrogen (secondary N) is 2. The minimum atomic E-state index is -2.62. The van der Waals surface area contributed by atoms with Gasteiger partial charge in [-0.2, -0.15) is 5.10 Å². The van der Waals surface area contributed by atoms with Crippen LogP contribution in [0.2, 0.25) is 0 Å². The number of likely N-dealkylation sites (tertiary alicyclic amines) is 2. The molecule has 0 amide bonds. The third-order valence-electron chi connectivity index (χ3n) is 9.51. The molecule has 0 atom stereocenters. The van der Waals surface area contributed by atoms with Crippen molar-refractivity contribution in [1.29, 1.82) is 0 Å². The van der Waals surface area contributed by atoms with Crippen LogP contribution < -0.4 is 10.6 Å². The SMILES string of the molecule is C=c1c(-c2cc3c(-c4cc(F)cc(CCCN5CCCC5)c4)cncc3[nH]2)n[nH]/c1=C/C=C(\C)c1cncc(CN2CCC(F)(F)C2)c1. The summed E-state index contributed by atoms with van der Waals surface area (Å²) in [4.78, 5) is 16.5. The second kappa shape index (κ2) is 13.5. The molecule has 4 aromatic heterocycles. The molecule has 0 bridgehead atoms. The number of aromatic amines is 2. The fourth-order valence-corrected chi connectivity index (χ4v) is 6.91. The van der Waals surface area contributed by atoms with Crippen LogP contribution in [0.15, 0.2) is 61.2 Å². The summed E-state index contributed by atoms with van der Waals surface area (Å²) in [5, 5.41) is 10.1. The van der Waals surface area contributed by atoms with Gasteiger partial charge in [0, 0.05) is 54.3 Å². The number of aryl methyl sites for hydroxylation is 1. The van der Waals surface area contributed by atoms with Gasteiger partial charge in [-0.25, -0.2) is 13.2 Å². The average molecular weight is 652 g/mol. The lowest BCUT2D eigenvalue weighted by molar-refractivity contribution is 0.0115. The van der Waals surface area contributed by atoms with Crippen LogP contribution >= 0.6 is 0 Å². The number of alkyl halides is 2. The van der Waals surface area contributed by atoms with E-state index >= 15 is 0 Å². The van der Waals surface area contributed by atoms with E-state index < -0.39 is 5.92 Å². The van der Waals surface area contributed by atoms with Gasteiger partial charge < -0.3 is 9.88 Å². The van der Waals surface area contributed by atoms with Gasteiger partial charge in [-0.05, 0) is 110 Å². The zero-order valence-corrected chi connectivity index (χ0v) is 27.2. The molecule has 2 N–H and O–H groups in total. The van der Waals surface area contributed by atoms with E-state index in [1.54, 1.807) is 41.8 Å². The average Bonchev–Trinajstić information content (AvgIpc) is 3.87. The van der Waals surface area contributed by atoms with E-state index in [0.717, 1.165) is 79.9 Å². The molecule has 2 aliphatic heterocycles. The Morgan fingerprint density at radius 3 is 2.62 bits per heavy atom. The number of aromatic nitrogens is 5. The predicted molar refractivity (Wildman–Crippen MR) is 185 cm³/mol. The molecule has 248 valence electrons. The Morgan fingerprint density at radius 1 is 0.979 bits per heavy atom. The maximum absolute atomic E-state index is 14.8. The summed E-state index contributed by atoms with van der Waals surface area (Å²) in [5.41, 5.74) is 7.74. The number of allylic oxidation sites excluding steroid dienone is 2. The van der Waals surface area contributed by atoms with Crippen molar-refractivity contribution in [1.82, 2.24) is 34.9 Å². The molecular weight excluding hydrogens is 611 g/mol. The van der Waals surface area contributed by atoms with Crippen LogP contribution in [-0.4, -0.2) is 73.6 Å². The zero-order valence-electron chi connectivity index (χ0n) is 27.2. The molecule has 0 saturated carbocycles. The predicted octanol–water partition coefficient (Wildman–Crippen LogP) is 6.32. The number of benzene rings is 1. The Bertz CT molecular complexity index is 2070. The summed E-state index contributed by atoms with van der Waals surface area (Å²) in [6, 6.07) is 9.32. The van der Waals surface area contributed by atoms with Gasteiger partial charge in [-0.15, -0.1) is 0 Å². The number of hydrogen-bond donors (Lipinski definition) is 2. The van der Waals surface area contributed by atoms with Gasteiger partial charge >= 0.3 is 0 Å². The first-order chi connectivity index (χ1) is 23.2. The van der Waals surface area contributed by atoms with Crippen LogP contribution in [0.4, 0.5) is 13.2 Å². The molecule has 0 spiro atoms. The highest BCUT2D eigenvalue weighted by molar-refractivity contribution is 5.97. The van der Waals surface area contributed by atoms with Crippen molar-refractivity contribution < 1.29 is 13.2 Å². The number of nitrogens with zero attached hydrogens (tertiary/aromatic N) is 5. The fraction of sp³-hybridized carbons (Fsp3) is 0.342. The smallest absolute Gasteiger partial charge is 0.261 e. The Kier molecular flexibility index (Phi) is 9.02. The monoisotopic (exact) mass is 651 g/mol. The number of H-pyrrole nitrogens is 2. The number of pyridine rings is 2. The van der Waals surface area contributed by atoms with Crippen molar-refractivity contribution in [3.05, 3.63) is 94.3 Å². The highest BCUT2D eigenvalue weighted by atomic mass is 19.3.